The third-order valence-electron chi connectivity index (χ3n) is 3.20. The topological polar surface area (TPSA) is 68.7 Å². The maximum atomic E-state index is 13.9. The van der Waals surface area contributed by atoms with Crippen LogP contribution in [0.15, 0.2) is 36.5 Å². The zero-order valence-corrected chi connectivity index (χ0v) is 14.4. The van der Waals surface area contributed by atoms with Gasteiger partial charge in [-0.2, -0.15) is 0 Å². The van der Waals surface area contributed by atoms with Gasteiger partial charge in [0.15, 0.2) is 0 Å². The van der Waals surface area contributed by atoms with Crippen LogP contribution in [0.25, 0.3) is 0 Å². The van der Waals surface area contributed by atoms with Crippen molar-refractivity contribution in [3.8, 4) is 0 Å². The maximum absolute atomic E-state index is 13.9. The summed E-state index contributed by atoms with van der Waals surface area (Å²) < 4.78 is 23.9. The lowest BCUT2D eigenvalue weighted by atomic mass is 10.1. The molecule has 2 rings (SSSR count). The van der Waals surface area contributed by atoms with Crippen LogP contribution in [0.3, 0.4) is 0 Å². The second kappa shape index (κ2) is 8.55. The Morgan fingerprint density at radius 1 is 1.32 bits per heavy atom. The quantitative estimate of drug-likeness (QED) is 0.445. The minimum absolute atomic E-state index is 0.00984. The predicted molar refractivity (Wildman–Crippen MR) is 90.3 cm³/mol. The fourth-order valence-corrected chi connectivity index (χ4v) is 2.33. The van der Waals surface area contributed by atoms with Crippen LogP contribution >= 0.6 is 11.6 Å². The van der Waals surface area contributed by atoms with Crippen LogP contribution < -0.4 is 4.90 Å². The molecule has 0 aliphatic heterocycles. The van der Waals surface area contributed by atoms with Crippen molar-refractivity contribution in [2.45, 2.75) is 6.92 Å². The van der Waals surface area contributed by atoms with E-state index in [2.05, 4.69) is 4.98 Å². The van der Waals surface area contributed by atoms with Crippen molar-refractivity contribution >= 4 is 29.2 Å². The Labute approximate surface area is 149 Å². The highest BCUT2D eigenvalue weighted by Crippen LogP contribution is 2.23. The highest BCUT2D eigenvalue weighted by molar-refractivity contribution is 6.33. The van der Waals surface area contributed by atoms with Crippen LogP contribution in [0.1, 0.15) is 27.6 Å². The van der Waals surface area contributed by atoms with E-state index >= 15 is 0 Å². The van der Waals surface area contributed by atoms with E-state index in [9.17, 15) is 14.0 Å². The summed E-state index contributed by atoms with van der Waals surface area (Å²) in [6, 6.07) is 6.55. The van der Waals surface area contributed by atoms with Crippen LogP contribution in [0, 0.1) is 5.82 Å². The molecule has 25 heavy (non-hydrogen) atoms. The van der Waals surface area contributed by atoms with Gasteiger partial charge in [-0.15, -0.1) is 0 Å². The number of halogens is 2. The summed E-state index contributed by atoms with van der Waals surface area (Å²) in [5.41, 5.74) is 0.251. The Hall–Kier alpha value is -2.51. The molecule has 1 heterocycles. The van der Waals surface area contributed by atoms with Gasteiger partial charge in [-0.1, -0.05) is 11.6 Å². The van der Waals surface area contributed by atoms with Crippen molar-refractivity contribution in [1.29, 1.82) is 0 Å². The number of carbonyl (C=O) groups excluding carboxylic acids is 2. The van der Waals surface area contributed by atoms with Crippen LogP contribution in [-0.2, 0) is 9.47 Å². The van der Waals surface area contributed by atoms with Crippen molar-refractivity contribution in [2.75, 3.05) is 25.3 Å². The first kappa shape index (κ1) is 18.8. The highest BCUT2D eigenvalue weighted by Gasteiger charge is 2.22. The zero-order valence-electron chi connectivity index (χ0n) is 13.7. The van der Waals surface area contributed by atoms with Crippen molar-refractivity contribution in [3.05, 3.63) is 58.6 Å². The first-order valence-corrected chi connectivity index (χ1v) is 7.74. The zero-order chi connectivity index (χ0) is 18.4. The molecule has 0 radical (unpaired) electrons. The lowest BCUT2D eigenvalue weighted by Gasteiger charge is -2.22. The number of methoxy groups -OCH3 is 1. The van der Waals surface area contributed by atoms with E-state index in [1.807, 2.05) is 0 Å². The Bertz CT molecular complexity index is 785. The number of rotatable bonds is 6. The summed E-state index contributed by atoms with van der Waals surface area (Å²) in [4.78, 5) is 29.6. The van der Waals surface area contributed by atoms with Gasteiger partial charge in [0, 0.05) is 13.3 Å². The number of aromatic nitrogens is 1. The average molecular weight is 367 g/mol. The van der Waals surface area contributed by atoms with E-state index in [1.54, 1.807) is 13.0 Å². The monoisotopic (exact) mass is 366 g/mol. The summed E-state index contributed by atoms with van der Waals surface area (Å²) in [6.45, 7) is 1.62. The van der Waals surface area contributed by atoms with Crippen molar-refractivity contribution in [1.82, 2.24) is 4.98 Å². The van der Waals surface area contributed by atoms with E-state index in [0.717, 1.165) is 17.0 Å². The van der Waals surface area contributed by atoms with Gasteiger partial charge in [0.25, 0.3) is 5.91 Å². The number of nitrogens with zero attached hydrogens (tertiary/aromatic N) is 2. The SMILES string of the molecule is CCOC(=O)c1cc(F)cc(N(COC)C(=O)c2cccnc2Cl)c1. The van der Waals surface area contributed by atoms with Gasteiger partial charge in [0.2, 0.25) is 0 Å². The number of amides is 1. The number of ether oxygens (including phenoxy) is 2. The molecule has 2 aromatic rings. The van der Waals surface area contributed by atoms with E-state index in [-0.39, 0.29) is 35.3 Å². The molecular formula is C17H16ClFN2O4. The van der Waals surface area contributed by atoms with Gasteiger partial charge in [0.05, 0.1) is 23.4 Å². The molecule has 0 saturated carbocycles. The molecule has 1 aromatic carbocycles. The number of esters is 1. The fraction of sp³-hybridized carbons (Fsp3) is 0.235. The van der Waals surface area contributed by atoms with Gasteiger partial charge in [-0.3, -0.25) is 9.69 Å². The van der Waals surface area contributed by atoms with Crippen LogP contribution in [-0.4, -0.2) is 37.3 Å². The molecule has 1 aromatic heterocycles. The molecule has 0 bridgehead atoms. The third kappa shape index (κ3) is 4.52. The second-order valence-electron chi connectivity index (χ2n) is 4.91. The lowest BCUT2D eigenvalue weighted by Crippen LogP contribution is -2.33. The van der Waals surface area contributed by atoms with Gasteiger partial charge in [-0.05, 0) is 37.3 Å². The molecule has 132 valence electrons. The summed E-state index contributed by atoms with van der Waals surface area (Å²) in [7, 11) is 1.39. The first-order chi connectivity index (χ1) is 12.0. The lowest BCUT2D eigenvalue weighted by molar-refractivity contribution is 0.0525. The van der Waals surface area contributed by atoms with E-state index in [0.29, 0.717) is 0 Å². The standard InChI is InChI=1S/C17H16ClFN2O4/c1-3-25-17(23)11-7-12(19)9-13(8-11)21(10-24-2)16(22)14-5-4-6-20-15(14)18/h4-9H,3,10H2,1-2H3. The Balaban J connectivity index is 2.45. The van der Waals surface area contributed by atoms with E-state index < -0.39 is 17.7 Å². The van der Waals surface area contributed by atoms with Gasteiger partial charge >= 0.3 is 5.97 Å². The van der Waals surface area contributed by atoms with E-state index in [4.69, 9.17) is 21.1 Å². The summed E-state index contributed by atoms with van der Waals surface area (Å²) in [5.74, 6) is -1.92. The number of pyridine rings is 1. The predicted octanol–water partition coefficient (Wildman–Crippen LogP) is 3.30. The Kier molecular flexibility index (Phi) is 6.44. The van der Waals surface area contributed by atoms with Gasteiger partial charge < -0.3 is 9.47 Å². The van der Waals surface area contributed by atoms with Crippen LogP contribution in [0.5, 0.6) is 0 Å². The van der Waals surface area contributed by atoms with Gasteiger partial charge in [-0.25, -0.2) is 14.2 Å². The normalized spacial score (nSPS) is 10.4. The number of carbonyl (C=O) groups is 2. The summed E-state index contributed by atoms with van der Waals surface area (Å²) >= 11 is 5.96. The molecule has 0 atom stereocenters. The first-order valence-electron chi connectivity index (χ1n) is 7.37. The number of hydrogen-bond acceptors (Lipinski definition) is 5. The molecule has 0 N–H and O–H groups in total. The average Bonchev–Trinajstić information content (AvgIpc) is 2.59. The molecule has 6 nitrogen and oxygen atoms in total. The number of benzene rings is 1. The third-order valence-corrected chi connectivity index (χ3v) is 3.50. The highest BCUT2D eigenvalue weighted by atomic mass is 35.5. The molecule has 0 spiro atoms. The number of anilines is 1. The van der Waals surface area contributed by atoms with Gasteiger partial charge in [0.1, 0.15) is 17.7 Å². The van der Waals surface area contributed by atoms with Crippen molar-refractivity contribution in [2.24, 2.45) is 0 Å². The maximum Gasteiger partial charge on any atom is 0.338 e. The number of hydrogen-bond donors (Lipinski definition) is 0. The largest absolute Gasteiger partial charge is 0.462 e. The smallest absolute Gasteiger partial charge is 0.338 e. The molecule has 0 saturated heterocycles. The molecule has 0 fully saturated rings. The van der Waals surface area contributed by atoms with Crippen molar-refractivity contribution < 1.29 is 23.5 Å². The second-order valence-corrected chi connectivity index (χ2v) is 5.27. The summed E-state index contributed by atoms with van der Waals surface area (Å²) in [6.07, 6.45) is 1.45. The Morgan fingerprint density at radius 3 is 2.72 bits per heavy atom. The molecule has 0 aliphatic carbocycles. The van der Waals surface area contributed by atoms with E-state index in [1.165, 1.54) is 25.4 Å². The fourth-order valence-electron chi connectivity index (χ4n) is 2.13. The molecular weight excluding hydrogens is 351 g/mol. The molecule has 0 unspecified atom stereocenters. The minimum Gasteiger partial charge on any atom is -0.462 e. The minimum atomic E-state index is -0.688. The van der Waals surface area contributed by atoms with Crippen LogP contribution in [0.2, 0.25) is 5.15 Å². The molecule has 8 heteroatoms. The van der Waals surface area contributed by atoms with Crippen molar-refractivity contribution in [3.63, 3.8) is 0 Å². The molecule has 0 aliphatic rings. The Morgan fingerprint density at radius 2 is 2.08 bits per heavy atom. The molecule has 1 amide bonds. The van der Waals surface area contributed by atoms with Crippen LogP contribution in [0.4, 0.5) is 10.1 Å². The summed E-state index contributed by atoms with van der Waals surface area (Å²) in [5, 5.41) is 0.00984.